The first-order chi connectivity index (χ1) is 10.1. The molecule has 2 rings (SSSR count). The van der Waals surface area contributed by atoms with E-state index in [1.807, 2.05) is 56.3 Å². The number of rotatable bonds is 4. The van der Waals surface area contributed by atoms with Gasteiger partial charge < -0.3 is 5.32 Å². The molecule has 2 nitrogen and oxygen atoms in total. The van der Waals surface area contributed by atoms with E-state index in [2.05, 4.69) is 5.32 Å². The van der Waals surface area contributed by atoms with Crippen LogP contribution < -0.4 is 5.32 Å². The van der Waals surface area contributed by atoms with Gasteiger partial charge in [-0.15, -0.1) is 0 Å². The van der Waals surface area contributed by atoms with Gasteiger partial charge in [0, 0.05) is 11.1 Å². The molecule has 0 fully saturated rings. The zero-order valence-electron chi connectivity index (χ0n) is 12.1. The van der Waals surface area contributed by atoms with Crippen LogP contribution in [0.4, 0.5) is 0 Å². The van der Waals surface area contributed by atoms with Crippen molar-refractivity contribution < 1.29 is 4.79 Å². The third kappa shape index (κ3) is 4.47. The number of hydrogen-bond donors (Lipinski definition) is 1. The van der Waals surface area contributed by atoms with Crippen LogP contribution in [0.1, 0.15) is 29.7 Å². The summed E-state index contributed by atoms with van der Waals surface area (Å²) < 4.78 is 0. The number of carbonyl (C=O) groups is 1. The molecule has 0 aliphatic heterocycles. The Morgan fingerprint density at radius 3 is 2.48 bits per heavy atom. The molecule has 1 N–H and O–H groups in total. The zero-order chi connectivity index (χ0) is 15.2. The van der Waals surface area contributed by atoms with Gasteiger partial charge in [-0.3, -0.25) is 4.79 Å². The van der Waals surface area contributed by atoms with Crippen molar-refractivity contribution in [2.75, 3.05) is 0 Å². The summed E-state index contributed by atoms with van der Waals surface area (Å²) >= 11 is 6.04. The second kappa shape index (κ2) is 7.09. The van der Waals surface area contributed by atoms with Crippen LogP contribution in [0.15, 0.2) is 54.6 Å². The quantitative estimate of drug-likeness (QED) is 0.825. The average molecular weight is 300 g/mol. The molecule has 0 aromatic heterocycles. The fraction of sp³-hybridized carbons (Fsp3) is 0.167. The van der Waals surface area contributed by atoms with Crippen LogP contribution in [-0.4, -0.2) is 5.91 Å². The maximum absolute atomic E-state index is 11.9. The van der Waals surface area contributed by atoms with Gasteiger partial charge in [-0.05, 0) is 37.1 Å². The van der Waals surface area contributed by atoms with Crippen LogP contribution >= 0.6 is 11.6 Å². The molecule has 1 amide bonds. The van der Waals surface area contributed by atoms with E-state index >= 15 is 0 Å². The summed E-state index contributed by atoms with van der Waals surface area (Å²) in [5.41, 5.74) is 3.12. The minimum absolute atomic E-state index is 0.0333. The minimum Gasteiger partial charge on any atom is -0.346 e. The fourth-order valence-electron chi connectivity index (χ4n) is 1.98. The maximum atomic E-state index is 11.9. The van der Waals surface area contributed by atoms with Gasteiger partial charge in [-0.2, -0.15) is 0 Å². The van der Waals surface area contributed by atoms with Crippen LogP contribution in [0.25, 0.3) is 6.08 Å². The predicted molar refractivity (Wildman–Crippen MR) is 88.2 cm³/mol. The smallest absolute Gasteiger partial charge is 0.244 e. The van der Waals surface area contributed by atoms with Gasteiger partial charge in [-0.25, -0.2) is 0 Å². The summed E-state index contributed by atoms with van der Waals surface area (Å²) in [4.78, 5) is 11.9. The van der Waals surface area contributed by atoms with Crippen molar-refractivity contribution in [2.45, 2.75) is 19.9 Å². The van der Waals surface area contributed by atoms with Gasteiger partial charge in [0.25, 0.3) is 0 Å². The molecule has 108 valence electrons. The maximum Gasteiger partial charge on any atom is 0.244 e. The molecule has 0 saturated heterocycles. The first-order valence-electron chi connectivity index (χ1n) is 6.86. The van der Waals surface area contributed by atoms with E-state index < -0.39 is 0 Å². The highest BCUT2D eigenvalue weighted by Gasteiger charge is 2.07. The molecule has 2 aromatic carbocycles. The third-order valence-corrected chi connectivity index (χ3v) is 3.60. The van der Waals surface area contributed by atoms with Crippen LogP contribution in [0.3, 0.4) is 0 Å². The molecule has 2 aromatic rings. The molecule has 21 heavy (non-hydrogen) atoms. The van der Waals surface area contributed by atoms with Crippen molar-refractivity contribution in [3.63, 3.8) is 0 Å². The molecule has 1 atom stereocenters. The average Bonchev–Trinajstić information content (AvgIpc) is 2.47. The summed E-state index contributed by atoms with van der Waals surface area (Å²) in [5, 5.41) is 3.57. The summed E-state index contributed by atoms with van der Waals surface area (Å²) in [5.74, 6) is -0.136. The van der Waals surface area contributed by atoms with E-state index in [1.165, 1.54) is 11.6 Å². The van der Waals surface area contributed by atoms with Crippen LogP contribution in [0, 0.1) is 6.92 Å². The molecule has 0 aliphatic rings. The number of carbonyl (C=O) groups excluding carboxylic acids is 1. The lowest BCUT2D eigenvalue weighted by Crippen LogP contribution is -2.24. The molecular formula is C18H18ClNO. The van der Waals surface area contributed by atoms with Crippen molar-refractivity contribution in [2.24, 2.45) is 0 Å². The Labute approximate surface area is 130 Å². The number of aryl methyl sites for hydroxylation is 1. The lowest BCUT2D eigenvalue weighted by atomic mass is 10.1. The van der Waals surface area contributed by atoms with E-state index in [0.717, 1.165) is 11.1 Å². The highest BCUT2D eigenvalue weighted by atomic mass is 35.5. The molecule has 0 unspecified atom stereocenters. The first-order valence-corrected chi connectivity index (χ1v) is 7.24. The highest BCUT2D eigenvalue weighted by molar-refractivity contribution is 6.32. The summed E-state index contributed by atoms with van der Waals surface area (Å²) in [6, 6.07) is 15.5. The monoisotopic (exact) mass is 299 g/mol. The molecule has 0 radical (unpaired) electrons. The predicted octanol–water partition coefficient (Wildman–Crippen LogP) is 4.54. The molecule has 0 saturated carbocycles. The van der Waals surface area contributed by atoms with Crippen LogP contribution in [-0.2, 0) is 4.79 Å². The Hall–Kier alpha value is -2.06. The standard InChI is InChI=1S/C18H18ClNO/c1-13-7-9-15(10-8-13)14(2)20-18(21)12-11-16-5-3-4-6-17(16)19/h3-12,14H,1-2H3,(H,20,21)/b12-11+/t14-/m1/s1. The molecule has 0 spiro atoms. The number of halogens is 1. The Morgan fingerprint density at radius 2 is 1.81 bits per heavy atom. The van der Waals surface area contributed by atoms with E-state index in [-0.39, 0.29) is 11.9 Å². The Bertz CT molecular complexity index is 647. The van der Waals surface area contributed by atoms with Crippen molar-refractivity contribution in [3.8, 4) is 0 Å². The largest absolute Gasteiger partial charge is 0.346 e. The van der Waals surface area contributed by atoms with Gasteiger partial charge in [0.15, 0.2) is 0 Å². The van der Waals surface area contributed by atoms with Gasteiger partial charge in [-0.1, -0.05) is 59.6 Å². The number of hydrogen-bond acceptors (Lipinski definition) is 1. The summed E-state index contributed by atoms with van der Waals surface area (Å²) in [6.45, 7) is 4.01. The van der Waals surface area contributed by atoms with Gasteiger partial charge in [0.05, 0.1) is 6.04 Å². The Kier molecular flexibility index (Phi) is 5.18. The van der Waals surface area contributed by atoms with E-state index in [4.69, 9.17) is 11.6 Å². The summed E-state index contributed by atoms with van der Waals surface area (Å²) in [7, 11) is 0. The molecule has 0 bridgehead atoms. The lowest BCUT2D eigenvalue weighted by molar-refractivity contribution is -0.117. The zero-order valence-corrected chi connectivity index (χ0v) is 12.9. The fourth-order valence-corrected chi connectivity index (χ4v) is 2.17. The van der Waals surface area contributed by atoms with E-state index in [0.29, 0.717) is 5.02 Å². The summed E-state index contributed by atoms with van der Waals surface area (Å²) in [6.07, 6.45) is 3.23. The third-order valence-electron chi connectivity index (χ3n) is 3.26. The molecule has 0 heterocycles. The van der Waals surface area contributed by atoms with Crippen molar-refractivity contribution in [1.82, 2.24) is 5.32 Å². The molecular weight excluding hydrogens is 282 g/mol. The Morgan fingerprint density at radius 1 is 1.14 bits per heavy atom. The van der Waals surface area contributed by atoms with Crippen LogP contribution in [0.5, 0.6) is 0 Å². The van der Waals surface area contributed by atoms with Crippen LogP contribution in [0.2, 0.25) is 5.02 Å². The van der Waals surface area contributed by atoms with E-state index in [9.17, 15) is 4.79 Å². The van der Waals surface area contributed by atoms with Gasteiger partial charge in [0.1, 0.15) is 0 Å². The second-order valence-corrected chi connectivity index (χ2v) is 5.40. The molecule has 0 aliphatic carbocycles. The first kappa shape index (κ1) is 15.3. The number of amides is 1. The van der Waals surface area contributed by atoms with Crippen molar-refractivity contribution in [1.29, 1.82) is 0 Å². The van der Waals surface area contributed by atoms with Gasteiger partial charge in [0.2, 0.25) is 5.91 Å². The molecule has 3 heteroatoms. The number of benzene rings is 2. The minimum atomic E-state index is -0.136. The second-order valence-electron chi connectivity index (χ2n) is 5.00. The SMILES string of the molecule is Cc1ccc([C@@H](C)NC(=O)/C=C/c2ccccc2Cl)cc1. The topological polar surface area (TPSA) is 29.1 Å². The van der Waals surface area contributed by atoms with Crippen molar-refractivity contribution in [3.05, 3.63) is 76.3 Å². The Balaban J connectivity index is 1.98. The van der Waals surface area contributed by atoms with Gasteiger partial charge >= 0.3 is 0 Å². The normalized spacial score (nSPS) is 12.3. The van der Waals surface area contributed by atoms with Crippen molar-refractivity contribution >= 4 is 23.6 Å². The van der Waals surface area contributed by atoms with E-state index in [1.54, 1.807) is 12.1 Å². The lowest BCUT2D eigenvalue weighted by Gasteiger charge is -2.13. The number of nitrogens with one attached hydrogen (secondary N) is 1. The highest BCUT2D eigenvalue weighted by Crippen LogP contribution is 2.16.